The second kappa shape index (κ2) is 3.79. The highest BCUT2D eigenvalue weighted by Crippen LogP contribution is 2.25. The molecule has 0 aliphatic carbocycles. The molecular weight excluding hydrogens is 262 g/mol. The summed E-state index contributed by atoms with van der Waals surface area (Å²) in [6, 6.07) is 5.60. The van der Waals surface area contributed by atoms with Gasteiger partial charge in [0, 0.05) is 28.6 Å². The summed E-state index contributed by atoms with van der Waals surface area (Å²) in [7, 11) is 0. The predicted octanol–water partition coefficient (Wildman–Crippen LogP) is 3.16. The highest BCUT2D eigenvalue weighted by atomic mass is 79.9. The van der Waals surface area contributed by atoms with Crippen molar-refractivity contribution in [2.75, 3.05) is 5.32 Å². The Balaban J connectivity index is 2.52. The number of thiocarbonyl (C=S) groups is 1. The minimum atomic E-state index is 0.147. The molecule has 2 nitrogen and oxygen atoms in total. The van der Waals surface area contributed by atoms with Crippen molar-refractivity contribution in [1.29, 1.82) is 0 Å². The Morgan fingerprint density at radius 3 is 2.93 bits per heavy atom. The van der Waals surface area contributed by atoms with E-state index in [0.29, 0.717) is 12.8 Å². The van der Waals surface area contributed by atoms with Gasteiger partial charge in [0.2, 0.25) is 0 Å². The normalized spacial score (nSPS) is 15.8. The Labute approximate surface area is 95.8 Å². The highest BCUT2D eigenvalue weighted by molar-refractivity contribution is 9.10. The average Bonchev–Trinajstić information content (AvgIpc) is 2.29. The third kappa shape index (κ3) is 1.86. The van der Waals surface area contributed by atoms with Crippen molar-refractivity contribution in [1.82, 2.24) is 0 Å². The summed E-state index contributed by atoms with van der Waals surface area (Å²) >= 11 is 8.42. The number of ketones is 1. The molecule has 0 amide bonds. The Morgan fingerprint density at radius 1 is 1.36 bits per heavy atom. The van der Waals surface area contributed by atoms with E-state index in [1.165, 1.54) is 0 Å². The van der Waals surface area contributed by atoms with Gasteiger partial charge in [0.1, 0.15) is 0 Å². The van der Waals surface area contributed by atoms with Gasteiger partial charge in [-0.2, -0.15) is 0 Å². The van der Waals surface area contributed by atoms with E-state index in [1.54, 1.807) is 0 Å². The van der Waals surface area contributed by atoms with Crippen LogP contribution in [0.3, 0.4) is 0 Å². The molecule has 1 aliphatic rings. The number of hydrogen-bond acceptors (Lipinski definition) is 2. The summed E-state index contributed by atoms with van der Waals surface area (Å²) in [4.78, 5) is 12.4. The number of nitrogens with one attached hydrogen (secondary N) is 1. The van der Waals surface area contributed by atoms with Crippen molar-refractivity contribution in [3.8, 4) is 0 Å². The number of carbonyl (C=O) groups is 1. The van der Waals surface area contributed by atoms with Crippen LogP contribution < -0.4 is 5.32 Å². The number of fused-ring (bicyclic) bond motifs is 1. The molecule has 0 bridgehead atoms. The molecule has 1 aliphatic heterocycles. The molecule has 1 aromatic carbocycles. The fourth-order valence-corrected chi connectivity index (χ4v) is 2.00. The van der Waals surface area contributed by atoms with Gasteiger partial charge in [-0.25, -0.2) is 0 Å². The topological polar surface area (TPSA) is 29.1 Å². The van der Waals surface area contributed by atoms with Crippen LogP contribution in [0.4, 0.5) is 5.69 Å². The summed E-state index contributed by atoms with van der Waals surface area (Å²) in [5.41, 5.74) is 1.54. The van der Waals surface area contributed by atoms with E-state index in [4.69, 9.17) is 12.2 Å². The first-order valence-electron chi connectivity index (χ1n) is 4.29. The van der Waals surface area contributed by atoms with Crippen LogP contribution >= 0.6 is 28.1 Å². The van der Waals surface area contributed by atoms with Crippen molar-refractivity contribution in [3.05, 3.63) is 28.2 Å². The molecule has 72 valence electrons. The van der Waals surface area contributed by atoms with E-state index in [1.807, 2.05) is 18.2 Å². The molecule has 1 aromatic rings. The number of anilines is 1. The molecule has 0 fully saturated rings. The molecule has 4 heteroatoms. The first kappa shape index (κ1) is 9.80. The zero-order chi connectivity index (χ0) is 10.1. The van der Waals surface area contributed by atoms with Crippen molar-refractivity contribution in [2.24, 2.45) is 0 Å². The lowest BCUT2D eigenvalue weighted by atomic mass is 10.1. The van der Waals surface area contributed by atoms with Gasteiger partial charge in [-0.15, -0.1) is 0 Å². The van der Waals surface area contributed by atoms with Crippen LogP contribution in [0, 0.1) is 0 Å². The monoisotopic (exact) mass is 269 g/mol. The quantitative estimate of drug-likeness (QED) is 0.734. The number of rotatable bonds is 0. The van der Waals surface area contributed by atoms with Gasteiger partial charge in [0.05, 0.1) is 4.99 Å². The van der Waals surface area contributed by atoms with Crippen LogP contribution in [-0.2, 0) is 0 Å². The molecule has 0 radical (unpaired) electrons. The van der Waals surface area contributed by atoms with Crippen molar-refractivity contribution < 1.29 is 4.79 Å². The molecule has 0 saturated carbocycles. The maximum atomic E-state index is 11.7. The molecule has 1 heterocycles. The van der Waals surface area contributed by atoms with Crippen LogP contribution in [0.25, 0.3) is 0 Å². The first-order valence-corrected chi connectivity index (χ1v) is 5.49. The summed E-state index contributed by atoms with van der Waals surface area (Å²) in [6.07, 6.45) is 1.13. The fourth-order valence-electron chi connectivity index (χ4n) is 1.43. The fraction of sp³-hybridized carbons (Fsp3) is 0.200. The van der Waals surface area contributed by atoms with Crippen LogP contribution in [0.1, 0.15) is 23.2 Å². The Bertz CT molecular complexity index is 417. The number of hydrogen-bond donors (Lipinski definition) is 1. The summed E-state index contributed by atoms with van der Waals surface area (Å²) < 4.78 is 0.916. The standard InChI is InChI=1S/C10H8BrNOS/c11-6-1-2-8-7(5-6)9(13)3-4-10(14)12-8/h1-2,5H,3-4H2,(H,12,14). The molecule has 0 spiro atoms. The van der Waals surface area contributed by atoms with Gasteiger partial charge in [-0.05, 0) is 18.2 Å². The lowest BCUT2D eigenvalue weighted by Gasteiger charge is -2.06. The third-order valence-electron chi connectivity index (χ3n) is 2.14. The molecule has 2 rings (SSSR count). The SMILES string of the molecule is O=C1CCC(=S)Nc2ccc(Br)cc21. The van der Waals surface area contributed by atoms with Crippen molar-refractivity contribution in [3.63, 3.8) is 0 Å². The summed E-state index contributed by atoms with van der Waals surface area (Å²) in [5, 5.41) is 3.07. The average molecular weight is 270 g/mol. The van der Waals surface area contributed by atoms with Crippen LogP contribution in [0.5, 0.6) is 0 Å². The van der Waals surface area contributed by atoms with Crippen molar-refractivity contribution in [2.45, 2.75) is 12.8 Å². The second-order valence-electron chi connectivity index (χ2n) is 3.16. The minimum Gasteiger partial charge on any atom is -0.349 e. The van der Waals surface area contributed by atoms with Gasteiger partial charge in [0.25, 0.3) is 0 Å². The number of benzene rings is 1. The lowest BCUT2D eigenvalue weighted by molar-refractivity contribution is 0.0986. The molecule has 0 saturated heterocycles. The zero-order valence-corrected chi connectivity index (χ0v) is 9.74. The van der Waals surface area contributed by atoms with E-state index >= 15 is 0 Å². The van der Waals surface area contributed by atoms with E-state index in [9.17, 15) is 4.79 Å². The molecule has 0 unspecified atom stereocenters. The molecule has 14 heavy (non-hydrogen) atoms. The van der Waals surface area contributed by atoms with E-state index in [-0.39, 0.29) is 5.78 Å². The van der Waals surface area contributed by atoms with Crippen LogP contribution in [-0.4, -0.2) is 10.8 Å². The van der Waals surface area contributed by atoms with Gasteiger partial charge in [-0.1, -0.05) is 28.1 Å². The zero-order valence-electron chi connectivity index (χ0n) is 7.34. The van der Waals surface area contributed by atoms with Crippen LogP contribution in [0.2, 0.25) is 0 Å². The smallest absolute Gasteiger partial charge is 0.165 e. The predicted molar refractivity (Wildman–Crippen MR) is 63.9 cm³/mol. The number of Topliss-reactive ketones (excluding diaryl/α,β-unsaturated/α-hetero) is 1. The number of halogens is 1. The van der Waals surface area contributed by atoms with E-state index in [2.05, 4.69) is 21.2 Å². The molecule has 0 atom stereocenters. The maximum Gasteiger partial charge on any atom is 0.165 e. The van der Waals surface area contributed by atoms with Gasteiger partial charge < -0.3 is 5.32 Å². The minimum absolute atomic E-state index is 0.147. The van der Waals surface area contributed by atoms with Crippen molar-refractivity contribution >= 4 is 44.6 Å². The molecule has 0 aromatic heterocycles. The molecule has 1 N–H and O–H groups in total. The van der Waals surface area contributed by atoms with E-state index < -0.39 is 0 Å². The first-order chi connectivity index (χ1) is 6.66. The van der Waals surface area contributed by atoms with Gasteiger partial charge >= 0.3 is 0 Å². The third-order valence-corrected chi connectivity index (χ3v) is 2.93. The lowest BCUT2D eigenvalue weighted by Crippen LogP contribution is -2.06. The maximum absolute atomic E-state index is 11.7. The summed E-state index contributed by atoms with van der Waals surface area (Å²) in [6.45, 7) is 0. The van der Waals surface area contributed by atoms with Gasteiger partial charge in [-0.3, -0.25) is 4.79 Å². The molecular formula is C10H8BrNOS. The highest BCUT2D eigenvalue weighted by Gasteiger charge is 2.17. The second-order valence-corrected chi connectivity index (χ2v) is 4.57. The Morgan fingerprint density at radius 2 is 2.14 bits per heavy atom. The largest absolute Gasteiger partial charge is 0.349 e. The Hall–Kier alpha value is -0.740. The number of carbonyl (C=O) groups excluding carboxylic acids is 1. The van der Waals surface area contributed by atoms with Gasteiger partial charge in [0.15, 0.2) is 5.78 Å². The summed E-state index contributed by atoms with van der Waals surface area (Å²) in [5.74, 6) is 0.147. The van der Waals surface area contributed by atoms with E-state index in [0.717, 1.165) is 20.7 Å². The Kier molecular flexibility index (Phi) is 2.65. The van der Waals surface area contributed by atoms with Crippen LogP contribution in [0.15, 0.2) is 22.7 Å².